The van der Waals surface area contributed by atoms with Crippen molar-refractivity contribution in [3.05, 3.63) is 35.5 Å². The third kappa shape index (κ3) is 2.16. The fraction of sp³-hybridized carbons (Fsp3) is 0.357. The second-order valence-corrected chi connectivity index (χ2v) is 4.83. The van der Waals surface area contributed by atoms with Gasteiger partial charge in [0.25, 0.3) is 0 Å². The fourth-order valence-corrected chi connectivity index (χ4v) is 2.44. The van der Waals surface area contributed by atoms with E-state index in [0.29, 0.717) is 18.1 Å². The summed E-state index contributed by atoms with van der Waals surface area (Å²) in [7, 11) is 0. The Hall–Kier alpha value is -2.04. The first-order valence-electron chi connectivity index (χ1n) is 6.28. The number of aromatic nitrogens is 2. The van der Waals surface area contributed by atoms with Crippen molar-refractivity contribution in [2.75, 3.05) is 0 Å². The summed E-state index contributed by atoms with van der Waals surface area (Å²) in [6, 6.07) is 4.40. The number of nitrogens with zero attached hydrogens (tertiary/aromatic N) is 2. The Labute approximate surface area is 109 Å². The van der Waals surface area contributed by atoms with Crippen LogP contribution >= 0.6 is 0 Å². The summed E-state index contributed by atoms with van der Waals surface area (Å²) in [5.74, 6) is 0.386. The number of benzene rings is 1. The Morgan fingerprint density at radius 1 is 1.42 bits per heavy atom. The van der Waals surface area contributed by atoms with Crippen LogP contribution in [0.5, 0.6) is 0 Å². The van der Waals surface area contributed by atoms with Crippen molar-refractivity contribution in [2.45, 2.75) is 32.1 Å². The van der Waals surface area contributed by atoms with Crippen molar-refractivity contribution in [1.29, 1.82) is 0 Å². The molecule has 1 aromatic carbocycles. The predicted molar refractivity (Wildman–Crippen MR) is 66.0 cm³/mol. The second kappa shape index (κ2) is 4.57. The fourth-order valence-electron chi connectivity index (χ4n) is 2.44. The van der Waals surface area contributed by atoms with E-state index in [2.05, 4.69) is 10.1 Å². The minimum absolute atomic E-state index is 0.158. The Morgan fingerprint density at radius 2 is 2.26 bits per heavy atom. The average Bonchev–Trinajstić information content (AvgIpc) is 2.97. The standard InChI is InChI=1S/C14H13FN2O2/c1-8-7-9(15)5-6-10(8)13-16-14(19-17-13)11-3-2-4-12(11)18/h5-7,11H,2-4H2,1H3. The third-order valence-corrected chi connectivity index (χ3v) is 3.47. The SMILES string of the molecule is Cc1cc(F)ccc1-c1noc(C2CCCC2=O)n1. The molecule has 1 aromatic heterocycles. The Balaban J connectivity index is 1.94. The van der Waals surface area contributed by atoms with Crippen molar-refractivity contribution in [3.63, 3.8) is 0 Å². The molecule has 0 saturated heterocycles. The lowest BCUT2D eigenvalue weighted by molar-refractivity contribution is -0.119. The molecule has 0 amide bonds. The summed E-state index contributed by atoms with van der Waals surface area (Å²) in [5.41, 5.74) is 1.46. The van der Waals surface area contributed by atoms with Gasteiger partial charge in [0.05, 0.1) is 5.92 Å². The summed E-state index contributed by atoms with van der Waals surface area (Å²) in [5, 5.41) is 3.90. The van der Waals surface area contributed by atoms with E-state index in [1.165, 1.54) is 12.1 Å². The van der Waals surface area contributed by atoms with Gasteiger partial charge in [0.1, 0.15) is 11.6 Å². The van der Waals surface area contributed by atoms with Crippen LogP contribution in [0.4, 0.5) is 4.39 Å². The number of rotatable bonds is 2. The number of carbonyl (C=O) groups excluding carboxylic acids is 1. The number of hydrogen-bond acceptors (Lipinski definition) is 4. The van der Waals surface area contributed by atoms with Gasteiger partial charge in [-0.15, -0.1) is 0 Å². The Morgan fingerprint density at radius 3 is 2.95 bits per heavy atom. The zero-order valence-corrected chi connectivity index (χ0v) is 10.5. The van der Waals surface area contributed by atoms with E-state index in [1.807, 2.05) is 0 Å². The van der Waals surface area contributed by atoms with Crippen molar-refractivity contribution < 1.29 is 13.7 Å². The van der Waals surface area contributed by atoms with Gasteiger partial charge < -0.3 is 4.52 Å². The van der Waals surface area contributed by atoms with Gasteiger partial charge in [-0.3, -0.25) is 4.79 Å². The van der Waals surface area contributed by atoms with Gasteiger partial charge in [-0.25, -0.2) is 4.39 Å². The van der Waals surface area contributed by atoms with Crippen LogP contribution in [0.3, 0.4) is 0 Å². The summed E-state index contributed by atoms with van der Waals surface area (Å²) < 4.78 is 18.2. The van der Waals surface area contributed by atoms with E-state index in [1.54, 1.807) is 13.0 Å². The highest BCUT2D eigenvalue weighted by molar-refractivity contribution is 5.86. The highest BCUT2D eigenvalue weighted by Gasteiger charge is 2.31. The first-order valence-corrected chi connectivity index (χ1v) is 6.28. The van der Waals surface area contributed by atoms with E-state index in [-0.39, 0.29) is 17.5 Å². The average molecular weight is 260 g/mol. The van der Waals surface area contributed by atoms with Crippen LogP contribution in [0.2, 0.25) is 0 Å². The molecule has 0 bridgehead atoms. The molecule has 0 spiro atoms. The van der Waals surface area contributed by atoms with E-state index in [4.69, 9.17) is 4.52 Å². The van der Waals surface area contributed by atoms with Crippen LogP contribution in [-0.2, 0) is 4.79 Å². The lowest BCUT2D eigenvalue weighted by atomic mass is 10.1. The minimum Gasteiger partial charge on any atom is -0.338 e. The van der Waals surface area contributed by atoms with E-state index < -0.39 is 0 Å². The van der Waals surface area contributed by atoms with Crippen LogP contribution in [-0.4, -0.2) is 15.9 Å². The third-order valence-electron chi connectivity index (χ3n) is 3.47. The number of carbonyl (C=O) groups is 1. The molecule has 1 fully saturated rings. The molecular weight excluding hydrogens is 247 g/mol. The van der Waals surface area contributed by atoms with Crippen molar-refractivity contribution >= 4 is 5.78 Å². The maximum atomic E-state index is 13.1. The zero-order valence-electron chi connectivity index (χ0n) is 10.5. The Kier molecular flexibility index (Phi) is 2.89. The van der Waals surface area contributed by atoms with Gasteiger partial charge >= 0.3 is 0 Å². The smallest absolute Gasteiger partial charge is 0.237 e. The number of hydrogen-bond donors (Lipinski definition) is 0. The lowest BCUT2D eigenvalue weighted by Gasteiger charge is -2.00. The van der Waals surface area contributed by atoms with Gasteiger partial charge in [-0.2, -0.15) is 4.98 Å². The highest BCUT2D eigenvalue weighted by atomic mass is 19.1. The molecule has 4 nitrogen and oxygen atoms in total. The maximum Gasteiger partial charge on any atom is 0.237 e. The predicted octanol–water partition coefficient (Wildman–Crippen LogP) is 3.02. The molecule has 19 heavy (non-hydrogen) atoms. The van der Waals surface area contributed by atoms with Crippen LogP contribution in [0.1, 0.15) is 36.6 Å². The monoisotopic (exact) mass is 260 g/mol. The Bertz CT molecular complexity index is 636. The van der Waals surface area contributed by atoms with Crippen molar-refractivity contribution in [3.8, 4) is 11.4 Å². The van der Waals surface area contributed by atoms with Crippen LogP contribution in [0.25, 0.3) is 11.4 Å². The van der Waals surface area contributed by atoms with Gasteiger partial charge in [0, 0.05) is 12.0 Å². The molecule has 1 aliphatic carbocycles. The lowest BCUT2D eigenvalue weighted by Crippen LogP contribution is -2.04. The van der Waals surface area contributed by atoms with E-state index in [9.17, 15) is 9.18 Å². The number of ketones is 1. The topological polar surface area (TPSA) is 56.0 Å². The molecule has 3 rings (SSSR count). The molecular formula is C14H13FN2O2. The van der Waals surface area contributed by atoms with Gasteiger partial charge in [-0.05, 0) is 43.5 Å². The first kappa shape index (κ1) is 12.0. The molecule has 1 heterocycles. The number of Topliss-reactive ketones (excluding diaryl/α,β-unsaturated/α-hetero) is 1. The molecule has 0 radical (unpaired) electrons. The van der Waals surface area contributed by atoms with Crippen LogP contribution in [0, 0.1) is 12.7 Å². The van der Waals surface area contributed by atoms with Gasteiger partial charge in [0.2, 0.25) is 11.7 Å². The quantitative estimate of drug-likeness (QED) is 0.832. The van der Waals surface area contributed by atoms with Crippen LogP contribution < -0.4 is 0 Å². The molecule has 0 aliphatic heterocycles. The first-order chi connectivity index (χ1) is 9.15. The molecule has 1 saturated carbocycles. The largest absolute Gasteiger partial charge is 0.338 e. The molecule has 1 unspecified atom stereocenters. The molecule has 1 atom stereocenters. The molecule has 1 aliphatic rings. The van der Waals surface area contributed by atoms with E-state index in [0.717, 1.165) is 24.0 Å². The maximum absolute atomic E-state index is 13.1. The normalized spacial score (nSPS) is 19.1. The van der Waals surface area contributed by atoms with E-state index >= 15 is 0 Å². The summed E-state index contributed by atoms with van der Waals surface area (Å²) >= 11 is 0. The van der Waals surface area contributed by atoms with Crippen LogP contribution in [0.15, 0.2) is 22.7 Å². The van der Waals surface area contributed by atoms with Gasteiger partial charge in [0.15, 0.2) is 0 Å². The summed E-state index contributed by atoms with van der Waals surface area (Å²) in [4.78, 5) is 15.9. The highest BCUT2D eigenvalue weighted by Crippen LogP contribution is 2.31. The zero-order chi connectivity index (χ0) is 13.4. The number of aryl methyl sites for hydroxylation is 1. The second-order valence-electron chi connectivity index (χ2n) is 4.83. The minimum atomic E-state index is -0.295. The summed E-state index contributed by atoms with van der Waals surface area (Å²) in [6.45, 7) is 1.79. The van der Waals surface area contributed by atoms with Crippen molar-refractivity contribution in [2.24, 2.45) is 0 Å². The van der Waals surface area contributed by atoms with Gasteiger partial charge in [-0.1, -0.05) is 5.16 Å². The molecule has 0 N–H and O–H groups in total. The molecule has 5 heteroatoms. The molecule has 98 valence electrons. The summed E-state index contributed by atoms with van der Waals surface area (Å²) in [6.07, 6.45) is 2.22. The van der Waals surface area contributed by atoms with Crippen molar-refractivity contribution in [1.82, 2.24) is 10.1 Å². The molecule has 2 aromatic rings. The number of halogens is 1.